The lowest BCUT2D eigenvalue weighted by atomic mass is 10.2. The van der Waals surface area contributed by atoms with Crippen LogP contribution in [0.4, 0.5) is 5.69 Å². The Hall–Kier alpha value is -1.92. The van der Waals surface area contributed by atoms with E-state index in [0.29, 0.717) is 12.2 Å². The van der Waals surface area contributed by atoms with E-state index in [1.807, 2.05) is 0 Å². The van der Waals surface area contributed by atoms with Crippen LogP contribution in [0.15, 0.2) is 53.7 Å². The molecule has 0 bridgehead atoms. The lowest BCUT2D eigenvalue weighted by Crippen LogP contribution is -2.26. The van der Waals surface area contributed by atoms with Gasteiger partial charge in [-0.2, -0.15) is 0 Å². The molecule has 5 nitrogen and oxygen atoms in total. The summed E-state index contributed by atoms with van der Waals surface area (Å²) in [5.74, 6) is 0. The van der Waals surface area contributed by atoms with E-state index in [1.165, 1.54) is 11.4 Å². The number of sulfonamides is 1. The van der Waals surface area contributed by atoms with Gasteiger partial charge in [-0.25, -0.2) is 8.42 Å². The molecular formula is C13H15N3O2S. The lowest BCUT2D eigenvalue weighted by molar-refractivity contribution is 0.594. The first-order valence-electron chi connectivity index (χ1n) is 5.73. The quantitative estimate of drug-likeness (QED) is 0.915. The molecule has 1 aromatic carbocycles. The molecule has 0 aliphatic heterocycles. The van der Waals surface area contributed by atoms with Crippen LogP contribution >= 0.6 is 0 Å². The number of benzene rings is 1. The van der Waals surface area contributed by atoms with Crippen LogP contribution in [0.2, 0.25) is 0 Å². The molecule has 1 heterocycles. The fourth-order valence-electron chi connectivity index (χ4n) is 1.68. The maximum atomic E-state index is 12.5. The molecule has 0 fully saturated rings. The topological polar surface area (TPSA) is 76.3 Å². The van der Waals surface area contributed by atoms with Gasteiger partial charge in [-0.05, 0) is 29.8 Å². The Morgan fingerprint density at radius 1 is 1.21 bits per heavy atom. The summed E-state index contributed by atoms with van der Waals surface area (Å²) in [6.07, 6.45) is 3.11. The number of pyridine rings is 1. The molecule has 0 atom stereocenters. The average Bonchev–Trinajstić information content (AvgIpc) is 2.47. The van der Waals surface area contributed by atoms with Gasteiger partial charge in [0, 0.05) is 26.0 Å². The van der Waals surface area contributed by atoms with Gasteiger partial charge in [0.05, 0.1) is 10.6 Å². The molecule has 0 spiro atoms. The molecule has 2 rings (SSSR count). The van der Waals surface area contributed by atoms with E-state index in [0.717, 1.165) is 5.56 Å². The smallest absolute Gasteiger partial charge is 0.264 e. The number of hydrogen-bond donors (Lipinski definition) is 1. The van der Waals surface area contributed by atoms with E-state index in [9.17, 15) is 8.42 Å². The largest absolute Gasteiger partial charge is 0.326 e. The highest BCUT2D eigenvalue weighted by Crippen LogP contribution is 2.21. The monoisotopic (exact) mass is 277 g/mol. The molecule has 2 aromatic rings. The first-order valence-corrected chi connectivity index (χ1v) is 7.17. The molecule has 2 N–H and O–H groups in total. The summed E-state index contributed by atoms with van der Waals surface area (Å²) in [6.45, 7) is 0.308. The second-order valence-corrected chi connectivity index (χ2v) is 6.00. The summed E-state index contributed by atoms with van der Waals surface area (Å²) in [7, 11) is -2.06. The Balaban J connectivity index is 2.42. The number of aromatic nitrogens is 1. The summed E-state index contributed by atoms with van der Waals surface area (Å²) in [6, 6.07) is 9.93. The summed E-state index contributed by atoms with van der Waals surface area (Å²) >= 11 is 0. The van der Waals surface area contributed by atoms with Crippen molar-refractivity contribution >= 4 is 15.7 Å². The maximum absolute atomic E-state index is 12.5. The van der Waals surface area contributed by atoms with Crippen LogP contribution in [0, 0.1) is 0 Å². The van der Waals surface area contributed by atoms with Gasteiger partial charge in [0.1, 0.15) is 0 Å². The van der Waals surface area contributed by atoms with Crippen molar-refractivity contribution < 1.29 is 8.42 Å². The first-order chi connectivity index (χ1) is 9.05. The SMILES string of the molecule is CN(c1ccncc1)S(=O)(=O)c1cccc(CN)c1. The van der Waals surface area contributed by atoms with Gasteiger partial charge in [0.15, 0.2) is 0 Å². The van der Waals surface area contributed by atoms with Crippen molar-refractivity contribution in [3.8, 4) is 0 Å². The predicted octanol–water partition coefficient (Wildman–Crippen LogP) is 1.37. The minimum atomic E-state index is -3.57. The summed E-state index contributed by atoms with van der Waals surface area (Å²) in [5.41, 5.74) is 6.88. The molecule has 6 heteroatoms. The normalized spacial score (nSPS) is 11.3. The minimum Gasteiger partial charge on any atom is -0.326 e. The number of nitrogens with zero attached hydrogens (tertiary/aromatic N) is 2. The van der Waals surface area contributed by atoms with Gasteiger partial charge < -0.3 is 5.73 Å². The van der Waals surface area contributed by atoms with Crippen LogP contribution in [0.5, 0.6) is 0 Å². The van der Waals surface area contributed by atoms with Gasteiger partial charge in [-0.15, -0.1) is 0 Å². The second-order valence-electron chi connectivity index (χ2n) is 4.03. The van der Waals surface area contributed by atoms with Crippen molar-refractivity contribution in [1.29, 1.82) is 0 Å². The summed E-state index contributed by atoms with van der Waals surface area (Å²) in [5, 5.41) is 0. The highest BCUT2D eigenvalue weighted by Gasteiger charge is 2.21. The third-order valence-corrected chi connectivity index (χ3v) is 4.60. The fraction of sp³-hybridized carbons (Fsp3) is 0.154. The molecule has 0 aliphatic rings. The zero-order valence-corrected chi connectivity index (χ0v) is 11.3. The fourth-order valence-corrected chi connectivity index (χ4v) is 2.95. The third-order valence-electron chi connectivity index (χ3n) is 2.82. The lowest BCUT2D eigenvalue weighted by Gasteiger charge is -2.19. The molecule has 100 valence electrons. The van der Waals surface area contributed by atoms with Crippen LogP contribution in [0.25, 0.3) is 0 Å². The van der Waals surface area contributed by atoms with Crippen LogP contribution in [0.1, 0.15) is 5.56 Å². The Labute approximate surface area is 112 Å². The number of anilines is 1. The van der Waals surface area contributed by atoms with E-state index in [2.05, 4.69) is 4.98 Å². The standard InChI is InChI=1S/C13H15N3O2S/c1-16(12-5-7-15-8-6-12)19(17,18)13-4-2-3-11(9-13)10-14/h2-9H,10,14H2,1H3. The van der Waals surface area contributed by atoms with Gasteiger partial charge >= 0.3 is 0 Å². The Morgan fingerprint density at radius 2 is 1.89 bits per heavy atom. The average molecular weight is 277 g/mol. The summed E-state index contributed by atoms with van der Waals surface area (Å²) in [4.78, 5) is 4.10. The first kappa shape index (κ1) is 13.5. The molecule has 0 saturated heterocycles. The maximum Gasteiger partial charge on any atom is 0.264 e. The van der Waals surface area contributed by atoms with Crippen LogP contribution in [-0.4, -0.2) is 20.4 Å². The number of hydrogen-bond acceptors (Lipinski definition) is 4. The van der Waals surface area contributed by atoms with E-state index in [-0.39, 0.29) is 4.90 Å². The van der Waals surface area contributed by atoms with Gasteiger partial charge in [-0.3, -0.25) is 9.29 Å². The van der Waals surface area contributed by atoms with E-state index < -0.39 is 10.0 Å². The predicted molar refractivity (Wildman–Crippen MR) is 74.2 cm³/mol. The molecule has 0 amide bonds. The van der Waals surface area contributed by atoms with E-state index in [1.54, 1.807) is 48.8 Å². The van der Waals surface area contributed by atoms with Gasteiger partial charge in [0.25, 0.3) is 10.0 Å². The zero-order chi connectivity index (χ0) is 13.9. The second kappa shape index (κ2) is 5.38. The van der Waals surface area contributed by atoms with Crippen molar-refractivity contribution in [3.05, 3.63) is 54.4 Å². The Morgan fingerprint density at radius 3 is 2.53 bits per heavy atom. The summed E-state index contributed by atoms with van der Waals surface area (Å²) < 4.78 is 26.2. The Kier molecular flexibility index (Phi) is 3.82. The zero-order valence-electron chi connectivity index (χ0n) is 10.5. The van der Waals surface area contributed by atoms with Crippen LogP contribution < -0.4 is 10.0 Å². The van der Waals surface area contributed by atoms with E-state index >= 15 is 0 Å². The molecular weight excluding hydrogens is 262 g/mol. The third kappa shape index (κ3) is 2.74. The number of nitrogens with two attached hydrogens (primary N) is 1. The van der Waals surface area contributed by atoms with Crippen molar-refractivity contribution in [2.45, 2.75) is 11.4 Å². The number of rotatable bonds is 4. The highest BCUT2D eigenvalue weighted by atomic mass is 32.2. The van der Waals surface area contributed by atoms with Gasteiger partial charge in [0.2, 0.25) is 0 Å². The van der Waals surface area contributed by atoms with Crippen molar-refractivity contribution in [2.24, 2.45) is 5.73 Å². The molecule has 0 unspecified atom stereocenters. The molecule has 0 radical (unpaired) electrons. The van der Waals surface area contributed by atoms with Crippen molar-refractivity contribution in [2.75, 3.05) is 11.4 Å². The van der Waals surface area contributed by atoms with Crippen LogP contribution in [0.3, 0.4) is 0 Å². The van der Waals surface area contributed by atoms with Crippen molar-refractivity contribution in [1.82, 2.24) is 4.98 Å². The van der Waals surface area contributed by atoms with Gasteiger partial charge in [-0.1, -0.05) is 12.1 Å². The van der Waals surface area contributed by atoms with Crippen molar-refractivity contribution in [3.63, 3.8) is 0 Å². The minimum absolute atomic E-state index is 0.231. The van der Waals surface area contributed by atoms with Crippen LogP contribution in [-0.2, 0) is 16.6 Å². The molecule has 0 aliphatic carbocycles. The Bertz CT molecular complexity index is 657. The molecule has 1 aromatic heterocycles. The van der Waals surface area contributed by atoms with E-state index in [4.69, 9.17) is 5.73 Å². The molecule has 0 saturated carbocycles. The molecule has 19 heavy (non-hydrogen) atoms. The highest BCUT2D eigenvalue weighted by molar-refractivity contribution is 7.92.